The van der Waals surface area contributed by atoms with Gasteiger partial charge in [-0.1, -0.05) is 0 Å². The highest BCUT2D eigenvalue weighted by atomic mass is 16.5. The molecule has 0 aliphatic carbocycles. The van der Waals surface area contributed by atoms with Gasteiger partial charge in [0.25, 0.3) is 5.91 Å². The van der Waals surface area contributed by atoms with Gasteiger partial charge in [0.05, 0.1) is 5.56 Å². The molecule has 0 aliphatic rings. The average molecular weight is 348 g/mol. The molecule has 8 nitrogen and oxygen atoms in total. The summed E-state index contributed by atoms with van der Waals surface area (Å²) in [5.74, 6) is -0.493. The van der Waals surface area contributed by atoms with Crippen LogP contribution in [0.15, 0.2) is 18.2 Å². The third-order valence-electron chi connectivity index (χ3n) is 3.69. The average Bonchev–Trinajstić information content (AvgIpc) is 2.63. The second-order valence-corrected chi connectivity index (χ2v) is 5.33. The predicted molar refractivity (Wildman–Crippen MR) is 88.4 cm³/mol. The minimum Gasteiger partial charge on any atom is -0.486 e. The monoisotopic (exact) mass is 348 g/mol. The molecule has 0 spiro atoms. The van der Waals surface area contributed by atoms with E-state index >= 15 is 0 Å². The molecule has 0 saturated carbocycles. The molecule has 0 fully saturated rings. The van der Waals surface area contributed by atoms with Crippen LogP contribution in [-0.2, 0) is 14.4 Å². The van der Waals surface area contributed by atoms with Gasteiger partial charge in [-0.15, -0.1) is 0 Å². The molecule has 0 aliphatic heterocycles. The van der Waals surface area contributed by atoms with Crippen molar-refractivity contribution in [1.29, 1.82) is 0 Å². The Hall–Kier alpha value is -3.03. The minimum absolute atomic E-state index is 0.0938. The van der Waals surface area contributed by atoms with Crippen LogP contribution in [0.25, 0.3) is 0 Å². The van der Waals surface area contributed by atoms with Crippen LogP contribution >= 0.6 is 0 Å². The van der Waals surface area contributed by atoms with Crippen molar-refractivity contribution in [2.45, 2.75) is 25.8 Å². The highest BCUT2D eigenvalue weighted by molar-refractivity contribution is 6.01. The molecule has 134 valence electrons. The number of nitrogens with one attached hydrogen (secondary N) is 1. The second-order valence-electron chi connectivity index (χ2n) is 5.33. The van der Waals surface area contributed by atoms with E-state index in [-0.39, 0.29) is 36.1 Å². The van der Waals surface area contributed by atoms with E-state index in [1.807, 2.05) is 5.32 Å². The zero-order valence-corrected chi connectivity index (χ0v) is 14.1. The number of imide groups is 1. The number of benzene rings is 1. The molecule has 0 radical (unpaired) electrons. The largest absolute Gasteiger partial charge is 0.486 e. The topological polar surface area (TPSA) is 110 Å². The summed E-state index contributed by atoms with van der Waals surface area (Å²) in [6, 6.07) is 4.06. The van der Waals surface area contributed by atoms with Gasteiger partial charge in [0.2, 0.25) is 12.3 Å². The molecule has 0 bridgehead atoms. The van der Waals surface area contributed by atoms with Gasteiger partial charge in [0, 0.05) is 25.1 Å². The second kappa shape index (κ2) is 9.96. The summed E-state index contributed by atoms with van der Waals surface area (Å²) in [6.07, 6.45) is 1.88. The third kappa shape index (κ3) is 5.83. The van der Waals surface area contributed by atoms with Gasteiger partial charge in [-0.2, -0.15) is 0 Å². The Morgan fingerprint density at radius 2 is 2.00 bits per heavy atom. The number of carbonyl (C=O) groups excluding carboxylic acids is 5. The lowest BCUT2D eigenvalue weighted by atomic mass is 10.0. The van der Waals surface area contributed by atoms with E-state index < -0.39 is 5.91 Å². The van der Waals surface area contributed by atoms with Crippen LogP contribution in [0.5, 0.6) is 5.75 Å². The fraction of sp³-hybridized carbons (Fsp3) is 0.353. The molecule has 1 N–H and O–H groups in total. The first-order valence-electron chi connectivity index (χ1n) is 7.60. The maximum Gasteiger partial charge on any atom is 0.254 e. The van der Waals surface area contributed by atoms with Crippen LogP contribution in [0.2, 0.25) is 0 Å². The van der Waals surface area contributed by atoms with Crippen molar-refractivity contribution < 1.29 is 28.7 Å². The van der Waals surface area contributed by atoms with Crippen molar-refractivity contribution in [3.05, 3.63) is 29.3 Å². The number of rotatable bonds is 10. The molecule has 1 aromatic rings. The first-order chi connectivity index (χ1) is 11.9. The Kier molecular flexibility index (Phi) is 7.98. The number of hydrogen-bond donors (Lipinski definition) is 1. The number of ether oxygens (including phenoxy) is 1. The van der Waals surface area contributed by atoms with E-state index in [1.54, 1.807) is 14.0 Å². The fourth-order valence-corrected chi connectivity index (χ4v) is 2.11. The van der Waals surface area contributed by atoms with Crippen LogP contribution in [0.1, 0.15) is 40.5 Å². The van der Waals surface area contributed by atoms with Crippen LogP contribution < -0.4 is 10.1 Å². The van der Waals surface area contributed by atoms with E-state index in [0.717, 1.165) is 0 Å². The quantitative estimate of drug-likeness (QED) is 0.620. The summed E-state index contributed by atoms with van der Waals surface area (Å²) in [6.45, 7) is 1.61. The molecule has 3 amide bonds. The summed E-state index contributed by atoms with van der Waals surface area (Å²) in [4.78, 5) is 57.1. The number of nitrogens with zero attached hydrogens (tertiary/aromatic N) is 1. The van der Waals surface area contributed by atoms with E-state index in [9.17, 15) is 24.0 Å². The predicted octanol–water partition coefficient (Wildman–Crippen LogP) is 0.590. The van der Waals surface area contributed by atoms with Gasteiger partial charge in [0.15, 0.2) is 12.6 Å². The summed E-state index contributed by atoms with van der Waals surface area (Å²) < 4.78 is 5.10. The van der Waals surface area contributed by atoms with E-state index in [4.69, 9.17) is 4.74 Å². The number of aldehydes is 2. The molecular weight excluding hydrogens is 328 g/mol. The Labute approximate surface area is 145 Å². The van der Waals surface area contributed by atoms with Crippen molar-refractivity contribution in [2.24, 2.45) is 0 Å². The van der Waals surface area contributed by atoms with Crippen LogP contribution in [-0.4, -0.2) is 55.4 Å². The van der Waals surface area contributed by atoms with Crippen LogP contribution in [0.4, 0.5) is 0 Å². The summed E-state index contributed by atoms with van der Waals surface area (Å²) in [5.41, 5.74) is 0.339. The summed E-state index contributed by atoms with van der Waals surface area (Å²) in [7, 11) is 1.57. The van der Waals surface area contributed by atoms with Crippen LogP contribution in [0.3, 0.4) is 0 Å². The summed E-state index contributed by atoms with van der Waals surface area (Å²) >= 11 is 0. The highest BCUT2D eigenvalue weighted by Crippen LogP contribution is 2.19. The normalized spacial score (nSPS) is 11.1. The van der Waals surface area contributed by atoms with E-state index in [2.05, 4.69) is 0 Å². The number of carbonyl (C=O) groups is 5. The van der Waals surface area contributed by atoms with Gasteiger partial charge in [-0.3, -0.25) is 29.3 Å². The molecule has 25 heavy (non-hydrogen) atoms. The first kappa shape index (κ1) is 20.0. The van der Waals surface area contributed by atoms with Crippen molar-refractivity contribution in [3.63, 3.8) is 0 Å². The van der Waals surface area contributed by atoms with Crippen molar-refractivity contribution >= 4 is 30.8 Å². The molecule has 8 heteroatoms. The third-order valence-corrected chi connectivity index (χ3v) is 3.69. The lowest BCUT2D eigenvalue weighted by molar-refractivity contribution is -0.125. The Bertz CT molecular complexity index is 659. The van der Waals surface area contributed by atoms with Gasteiger partial charge >= 0.3 is 0 Å². The van der Waals surface area contributed by atoms with E-state index in [0.29, 0.717) is 31.2 Å². The SMILES string of the molecule is CC(CCC(=O)NC=O)N(C)C(=O)c1ccc(OCC=O)cc1C=O. The molecule has 0 aromatic heterocycles. The van der Waals surface area contributed by atoms with Crippen molar-refractivity contribution in [2.75, 3.05) is 13.7 Å². The van der Waals surface area contributed by atoms with Crippen LogP contribution in [0, 0.1) is 0 Å². The smallest absolute Gasteiger partial charge is 0.254 e. The molecular formula is C17H20N2O6. The molecule has 1 atom stereocenters. The standard InChI is InChI=1S/C17H20N2O6/c1-12(3-6-16(23)18-11-22)19(2)17(24)15-5-4-14(25-8-7-20)9-13(15)10-21/h4-5,7,9-12H,3,6,8H2,1-2H3,(H,18,22,23). The lowest BCUT2D eigenvalue weighted by Crippen LogP contribution is -2.36. The van der Waals surface area contributed by atoms with Gasteiger partial charge in [-0.05, 0) is 31.5 Å². The van der Waals surface area contributed by atoms with Crippen molar-refractivity contribution in [1.82, 2.24) is 10.2 Å². The summed E-state index contributed by atoms with van der Waals surface area (Å²) in [5, 5.41) is 2.03. The molecule has 1 rings (SSSR count). The fourth-order valence-electron chi connectivity index (χ4n) is 2.11. The maximum atomic E-state index is 12.6. The maximum absolute atomic E-state index is 12.6. The Morgan fingerprint density at radius 1 is 1.28 bits per heavy atom. The van der Waals surface area contributed by atoms with E-state index in [1.165, 1.54) is 23.1 Å². The zero-order valence-electron chi connectivity index (χ0n) is 14.1. The van der Waals surface area contributed by atoms with Gasteiger partial charge in [0.1, 0.15) is 12.4 Å². The molecule has 1 unspecified atom stereocenters. The Morgan fingerprint density at radius 3 is 2.60 bits per heavy atom. The molecule has 0 heterocycles. The minimum atomic E-state index is -0.423. The molecule has 1 aromatic carbocycles. The van der Waals surface area contributed by atoms with Crippen molar-refractivity contribution in [3.8, 4) is 5.75 Å². The zero-order chi connectivity index (χ0) is 18.8. The van der Waals surface area contributed by atoms with Gasteiger partial charge in [-0.25, -0.2) is 0 Å². The first-order valence-corrected chi connectivity index (χ1v) is 7.60. The Balaban J connectivity index is 2.83. The number of hydrogen-bond acceptors (Lipinski definition) is 6. The lowest BCUT2D eigenvalue weighted by Gasteiger charge is -2.25. The number of amides is 3. The molecule has 0 saturated heterocycles. The highest BCUT2D eigenvalue weighted by Gasteiger charge is 2.21. The van der Waals surface area contributed by atoms with Gasteiger partial charge < -0.3 is 9.64 Å².